The van der Waals surface area contributed by atoms with Crippen LogP contribution < -0.4 is 5.32 Å². The Balaban J connectivity index is 1.78. The van der Waals surface area contributed by atoms with Crippen LogP contribution in [0.1, 0.15) is 56.4 Å². The zero-order chi connectivity index (χ0) is 13.1. The van der Waals surface area contributed by atoms with Crippen molar-refractivity contribution in [2.24, 2.45) is 0 Å². The molecule has 0 saturated carbocycles. The van der Waals surface area contributed by atoms with Crippen molar-refractivity contribution in [3.63, 3.8) is 0 Å². The molecule has 0 bridgehead atoms. The molecule has 0 radical (unpaired) electrons. The van der Waals surface area contributed by atoms with Gasteiger partial charge in [0.2, 0.25) is 0 Å². The van der Waals surface area contributed by atoms with Gasteiger partial charge in [-0.25, -0.2) is 0 Å². The summed E-state index contributed by atoms with van der Waals surface area (Å²) in [7, 11) is 0. The van der Waals surface area contributed by atoms with Gasteiger partial charge in [-0.3, -0.25) is 4.90 Å². The Bertz CT molecular complexity index is 370. The maximum absolute atomic E-state index is 3.74. The number of nitrogens with zero attached hydrogens (tertiary/aromatic N) is 1. The summed E-state index contributed by atoms with van der Waals surface area (Å²) in [6.45, 7) is 4.86. The lowest BCUT2D eigenvalue weighted by molar-refractivity contribution is 0.0718. The molecule has 19 heavy (non-hydrogen) atoms. The van der Waals surface area contributed by atoms with Gasteiger partial charge >= 0.3 is 0 Å². The first-order valence-corrected chi connectivity index (χ1v) is 8.80. The SMILES string of the molecule is CCC(c1cccs1)N1CCCCC1C1CCCN1. The van der Waals surface area contributed by atoms with E-state index < -0.39 is 0 Å². The lowest BCUT2D eigenvalue weighted by atomic mass is 9.92. The Hall–Kier alpha value is -0.380. The summed E-state index contributed by atoms with van der Waals surface area (Å²) in [5.74, 6) is 0. The molecular weight excluding hydrogens is 252 g/mol. The first kappa shape index (κ1) is 13.6. The summed E-state index contributed by atoms with van der Waals surface area (Å²) in [6, 6.07) is 6.69. The van der Waals surface area contributed by atoms with Crippen molar-refractivity contribution in [1.82, 2.24) is 10.2 Å². The van der Waals surface area contributed by atoms with E-state index in [1.165, 1.54) is 51.6 Å². The Morgan fingerprint density at radius 2 is 2.32 bits per heavy atom. The molecule has 3 atom stereocenters. The van der Waals surface area contributed by atoms with Gasteiger partial charge in [0.1, 0.15) is 0 Å². The standard InChI is InChI=1S/C16H26N2S/c1-2-14(16-9-6-12-19-16)18-11-4-3-8-15(18)13-7-5-10-17-13/h6,9,12-15,17H,2-5,7-8,10-11H2,1H3. The van der Waals surface area contributed by atoms with Crippen molar-refractivity contribution in [2.45, 2.75) is 63.6 Å². The minimum absolute atomic E-state index is 0.646. The number of rotatable bonds is 4. The maximum Gasteiger partial charge on any atom is 0.0442 e. The molecule has 0 amide bonds. The average Bonchev–Trinajstić information content (AvgIpc) is 3.14. The van der Waals surface area contributed by atoms with Gasteiger partial charge in [0.05, 0.1) is 0 Å². The van der Waals surface area contributed by atoms with Crippen molar-refractivity contribution < 1.29 is 0 Å². The zero-order valence-electron chi connectivity index (χ0n) is 12.0. The van der Waals surface area contributed by atoms with Crippen LogP contribution in [-0.4, -0.2) is 30.1 Å². The minimum atomic E-state index is 0.646. The third kappa shape index (κ3) is 2.88. The van der Waals surface area contributed by atoms with Crippen LogP contribution in [0, 0.1) is 0 Å². The zero-order valence-corrected chi connectivity index (χ0v) is 12.8. The van der Waals surface area contributed by atoms with Gasteiger partial charge in [-0.05, 0) is 56.6 Å². The minimum Gasteiger partial charge on any atom is -0.312 e. The van der Waals surface area contributed by atoms with Gasteiger partial charge < -0.3 is 5.32 Å². The molecule has 2 aliphatic heterocycles. The third-order valence-corrected chi connectivity index (χ3v) is 5.79. The Morgan fingerprint density at radius 1 is 1.37 bits per heavy atom. The predicted molar refractivity (Wildman–Crippen MR) is 82.7 cm³/mol. The second-order valence-corrected chi connectivity index (χ2v) is 6.92. The molecule has 2 nitrogen and oxygen atoms in total. The van der Waals surface area contributed by atoms with E-state index in [1.807, 2.05) is 11.3 Å². The van der Waals surface area contributed by atoms with Crippen molar-refractivity contribution in [3.8, 4) is 0 Å². The highest BCUT2D eigenvalue weighted by atomic mass is 32.1. The fourth-order valence-electron chi connectivity index (χ4n) is 3.92. The Kier molecular flexibility index (Phi) is 4.57. The molecule has 0 aliphatic carbocycles. The van der Waals surface area contributed by atoms with Gasteiger partial charge in [0.25, 0.3) is 0 Å². The number of hydrogen-bond donors (Lipinski definition) is 1. The van der Waals surface area contributed by atoms with Gasteiger partial charge in [-0.2, -0.15) is 0 Å². The molecule has 1 aromatic rings. The van der Waals surface area contributed by atoms with Crippen molar-refractivity contribution in [3.05, 3.63) is 22.4 Å². The number of hydrogen-bond acceptors (Lipinski definition) is 3. The second-order valence-electron chi connectivity index (χ2n) is 5.94. The summed E-state index contributed by atoms with van der Waals surface area (Å²) in [6.07, 6.45) is 8.17. The van der Waals surface area contributed by atoms with Crippen molar-refractivity contribution >= 4 is 11.3 Å². The molecule has 106 valence electrons. The maximum atomic E-state index is 3.74. The smallest absolute Gasteiger partial charge is 0.0442 e. The van der Waals surface area contributed by atoms with Crippen LogP contribution in [-0.2, 0) is 0 Å². The lowest BCUT2D eigenvalue weighted by Crippen LogP contribution is -2.51. The summed E-state index contributed by atoms with van der Waals surface area (Å²) in [4.78, 5) is 4.38. The Labute approximate surface area is 121 Å². The van der Waals surface area contributed by atoms with Crippen molar-refractivity contribution in [1.29, 1.82) is 0 Å². The monoisotopic (exact) mass is 278 g/mol. The van der Waals surface area contributed by atoms with Gasteiger partial charge in [0.15, 0.2) is 0 Å². The van der Waals surface area contributed by atoms with Crippen molar-refractivity contribution in [2.75, 3.05) is 13.1 Å². The molecule has 3 heteroatoms. The highest BCUT2D eigenvalue weighted by Crippen LogP contribution is 2.35. The number of piperidine rings is 1. The van der Waals surface area contributed by atoms with E-state index in [9.17, 15) is 0 Å². The fourth-order valence-corrected chi connectivity index (χ4v) is 4.85. The van der Waals surface area contributed by atoms with E-state index in [-0.39, 0.29) is 0 Å². The molecule has 3 unspecified atom stereocenters. The normalized spacial score (nSPS) is 30.6. The summed E-state index contributed by atoms with van der Waals surface area (Å²) in [5, 5.41) is 5.97. The topological polar surface area (TPSA) is 15.3 Å². The highest BCUT2D eigenvalue weighted by Gasteiger charge is 2.35. The first-order valence-electron chi connectivity index (χ1n) is 7.92. The molecule has 2 fully saturated rings. The van der Waals surface area contributed by atoms with Crippen LogP contribution in [0.15, 0.2) is 17.5 Å². The van der Waals surface area contributed by atoms with Gasteiger partial charge in [-0.1, -0.05) is 19.4 Å². The molecule has 3 rings (SSSR count). The Morgan fingerprint density at radius 3 is 3.00 bits per heavy atom. The summed E-state index contributed by atoms with van der Waals surface area (Å²) >= 11 is 1.93. The van der Waals surface area contributed by atoms with Gasteiger partial charge in [0, 0.05) is 23.0 Å². The van der Waals surface area contributed by atoms with E-state index in [4.69, 9.17) is 0 Å². The molecule has 2 aliphatic rings. The first-order chi connectivity index (χ1) is 9.40. The van der Waals surface area contributed by atoms with Gasteiger partial charge in [-0.15, -0.1) is 11.3 Å². The average molecular weight is 278 g/mol. The predicted octanol–water partition coefficient (Wildman–Crippen LogP) is 3.81. The number of nitrogens with one attached hydrogen (secondary N) is 1. The fraction of sp³-hybridized carbons (Fsp3) is 0.750. The summed E-state index contributed by atoms with van der Waals surface area (Å²) < 4.78 is 0. The summed E-state index contributed by atoms with van der Waals surface area (Å²) in [5.41, 5.74) is 0. The molecular formula is C16H26N2S. The molecule has 3 heterocycles. The lowest BCUT2D eigenvalue weighted by Gasteiger charge is -2.43. The van der Waals surface area contributed by atoms with E-state index in [2.05, 4.69) is 34.7 Å². The largest absolute Gasteiger partial charge is 0.312 e. The number of thiophene rings is 1. The van der Waals surface area contributed by atoms with Crippen LogP contribution in [0.2, 0.25) is 0 Å². The molecule has 0 spiro atoms. The van der Waals surface area contributed by atoms with E-state index in [0.717, 1.165) is 12.1 Å². The molecule has 1 aromatic heterocycles. The second kappa shape index (κ2) is 6.38. The van der Waals surface area contributed by atoms with Crippen LogP contribution in [0.25, 0.3) is 0 Å². The van der Waals surface area contributed by atoms with Crippen LogP contribution in [0.5, 0.6) is 0 Å². The quantitative estimate of drug-likeness (QED) is 0.901. The molecule has 2 saturated heterocycles. The number of likely N-dealkylation sites (tertiary alicyclic amines) is 1. The van der Waals surface area contributed by atoms with Crippen LogP contribution >= 0.6 is 11.3 Å². The van der Waals surface area contributed by atoms with E-state index in [1.54, 1.807) is 4.88 Å². The molecule has 0 aromatic carbocycles. The third-order valence-electron chi connectivity index (χ3n) is 4.81. The highest BCUT2D eigenvalue weighted by molar-refractivity contribution is 7.10. The molecule has 1 N–H and O–H groups in total. The van der Waals surface area contributed by atoms with Crippen LogP contribution in [0.4, 0.5) is 0 Å². The van der Waals surface area contributed by atoms with E-state index in [0.29, 0.717) is 6.04 Å². The van der Waals surface area contributed by atoms with Crippen LogP contribution in [0.3, 0.4) is 0 Å². The van der Waals surface area contributed by atoms with E-state index >= 15 is 0 Å².